The number of ether oxygens (including phenoxy) is 1. The maximum absolute atomic E-state index is 12.3. The molecule has 8 heteroatoms. The number of hydrogen-bond donors (Lipinski definition) is 3. The number of piperidine rings is 1. The fraction of sp³-hybridized carbons (Fsp3) is 0.455. The average molecular weight is 430 g/mol. The molecule has 0 spiro atoms. The summed E-state index contributed by atoms with van der Waals surface area (Å²) in [6.45, 7) is 5.95. The highest BCUT2D eigenvalue weighted by Gasteiger charge is 2.20. The molecule has 162 valence electrons. The molecule has 30 heavy (non-hydrogen) atoms. The van der Waals surface area contributed by atoms with Crippen molar-refractivity contribution in [2.45, 2.75) is 25.8 Å². The SMILES string of the molecule is CCNC(=NCCNC(=O)c1cccc(OC)c1)NC1CCN(c2cccs2)CC1. The van der Waals surface area contributed by atoms with Crippen LogP contribution in [0.3, 0.4) is 0 Å². The molecule has 0 saturated carbocycles. The normalized spacial score (nSPS) is 15.0. The van der Waals surface area contributed by atoms with Gasteiger partial charge in [0.25, 0.3) is 5.91 Å². The summed E-state index contributed by atoms with van der Waals surface area (Å²) in [5.74, 6) is 1.36. The molecular weight excluding hydrogens is 398 g/mol. The number of carbonyl (C=O) groups excluding carboxylic acids is 1. The van der Waals surface area contributed by atoms with Crippen molar-refractivity contribution < 1.29 is 9.53 Å². The molecule has 2 aromatic rings. The Morgan fingerprint density at radius 1 is 1.23 bits per heavy atom. The highest BCUT2D eigenvalue weighted by molar-refractivity contribution is 7.14. The van der Waals surface area contributed by atoms with Crippen LogP contribution in [-0.2, 0) is 0 Å². The average Bonchev–Trinajstić information content (AvgIpc) is 3.32. The van der Waals surface area contributed by atoms with E-state index in [1.165, 1.54) is 5.00 Å². The first-order valence-electron chi connectivity index (χ1n) is 10.4. The van der Waals surface area contributed by atoms with E-state index in [9.17, 15) is 4.79 Å². The molecule has 7 nitrogen and oxygen atoms in total. The number of nitrogens with zero attached hydrogens (tertiary/aromatic N) is 2. The molecule has 1 fully saturated rings. The van der Waals surface area contributed by atoms with Gasteiger partial charge in [-0.15, -0.1) is 11.3 Å². The highest BCUT2D eigenvalue weighted by Crippen LogP contribution is 2.24. The lowest BCUT2D eigenvalue weighted by Crippen LogP contribution is -2.48. The van der Waals surface area contributed by atoms with E-state index in [0.29, 0.717) is 30.4 Å². The van der Waals surface area contributed by atoms with Gasteiger partial charge in [0.15, 0.2) is 5.96 Å². The third-order valence-corrected chi connectivity index (χ3v) is 5.93. The number of thiophene rings is 1. The Kier molecular flexibility index (Phi) is 8.38. The van der Waals surface area contributed by atoms with Gasteiger partial charge in [0.05, 0.1) is 18.7 Å². The number of methoxy groups -OCH3 is 1. The number of benzene rings is 1. The summed E-state index contributed by atoms with van der Waals surface area (Å²) >= 11 is 1.80. The van der Waals surface area contributed by atoms with Crippen LogP contribution in [0.4, 0.5) is 5.00 Å². The molecule has 1 aromatic heterocycles. The van der Waals surface area contributed by atoms with Gasteiger partial charge < -0.3 is 25.6 Å². The molecule has 1 saturated heterocycles. The summed E-state index contributed by atoms with van der Waals surface area (Å²) in [5, 5.41) is 13.2. The summed E-state index contributed by atoms with van der Waals surface area (Å²) in [7, 11) is 1.59. The Hall–Kier alpha value is -2.74. The van der Waals surface area contributed by atoms with Crippen LogP contribution in [-0.4, -0.2) is 57.7 Å². The number of nitrogens with one attached hydrogen (secondary N) is 3. The number of amides is 1. The Labute approximate surface area is 182 Å². The maximum atomic E-state index is 12.3. The number of rotatable bonds is 8. The number of carbonyl (C=O) groups is 1. The smallest absolute Gasteiger partial charge is 0.251 e. The zero-order valence-corrected chi connectivity index (χ0v) is 18.5. The van der Waals surface area contributed by atoms with Gasteiger partial charge >= 0.3 is 0 Å². The van der Waals surface area contributed by atoms with E-state index < -0.39 is 0 Å². The molecule has 0 bridgehead atoms. The topological polar surface area (TPSA) is 78.0 Å². The maximum Gasteiger partial charge on any atom is 0.251 e. The summed E-state index contributed by atoms with van der Waals surface area (Å²) in [4.78, 5) is 19.3. The molecule has 0 aliphatic carbocycles. The van der Waals surface area contributed by atoms with Gasteiger partial charge in [0.1, 0.15) is 5.75 Å². The molecule has 1 amide bonds. The van der Waals surface area contributed by atoms with Gasteiger partial charge in [-0.25, -0.2) is 0 Å². The fourth-order valence-electron chi connectivity index (χ4n) is 3.41. The quantitative estimate of drug-likeness (QED) is 0.342. The lowest BCUT2D eigenvalue weighted by atomic mass is 10.1. The number of anilines is 1. The van der Waals surface area contributed by atoms with E-state index in [0.717, 1.165) is 38.4 Å². The van der Waals surface area contributed by atoms with E-state index in [-0.39, 0.29) is 5.91 Å². The van der Waals surface area contributed by atoms with Crippen LogP contribution in [0.1, 0.15) is 30.1 Å². The van der Waals surface area contributed by atoms with Crippen LogP contribution < -0.4 is 25.6 Å². The van der Waals surface area contributed by atoms with Crippen LogP contribution in [0, 0.1) is 0 Å². The van der Waals surface area contributed by atoms with E-state index in [4.69, 9.17) is 4.74 Å². The van der Waals surface area contributed by atoms with Crippen LogP contribution in [0.5, 0.6) is 5.75 Å². The van der Waals surface area contributed by atoms with E-state index in [1.54, 1.807) is 30.6 Å². The Bertz CT molecular complexity index is 817. The van der Waals surface area contributed by atoms with Gasteiger partial charge in [-0.2, -0.15) is 0 Å². The molecule has 3 rings (SSSR count). The lowest BCUT2D eigenvalue weighted by Gasteiger charge is -2.33. The van der Waals surface area contributed by atoms with Crippen molar-refractivity contribution in [1.29, 1.82) is 0 Å². The lowest BCUT2D eigenvalue weighted by molar-refractivity contribution is 0.0954. The third kappa shape index (κ3) is 6.38. The van der Waals surface area contributed by atoms with Crippen molar-refractivity contribution in [1.82, 2.24) is 16.0 Å². The Balaban J connectivity index is 1.43. The minimum Gasteiger partial charge on any atom is -0.497 e. The van der Waals surface area contributed by atoms with Crippen molar-refractivity contribution in [3.63, 3.8) is 0 Å². The number of hydrogen-bond acceptors (Lipinski definition) is 5. The van der Waals surface area contributed by atoms with Crippen molar-refractivity contribution >= 4 is 28.2 Å². The van der Waals surface area contributed by atoms with E-state index in [1.807, 2.05) is 12.1 Å². The second-order valence-corrected chi connectivity index (χ2v) is 8.03. The van der Waals surface area contributed by atoms with Gasteiger partial charge in [0.2, 0.25) is 0 Å². The van der Waals surface area contributed by atoms with Crippen molar-refractivity contribution in [3.05, 3.63) is 47.3 Å². The van der Waals surface area contributed by atoms with Crippen molar-refractivity contribution in [2.75, 3.05) is 44.7 Å². The van der Waals surface area contributed by atoms with Crippen LogP contribution in [0.15, 0.2) is 46.8 Å². The molecule has 0 unspecified atom stereocenters. The molecule has 1 aromatic carbocycles. The fourth-order valence-corrected chi connectivity index (χ4v) is 4.20. The molecule has 1 aliphatic rings. The first-order valence-corrected chi connectivity index (χ1v) is 11.3. The first-order chi connectivity index (χ1) is 14.7. The summed E-state index contributed by atoms with van der Waals surface area (Å²) in [6.07, 6.45) is 2.16. The highest BCUT2D eigenvalue weighted by atomic mass is 32.1. The largest absolute Gasteiger partial charge is 0.497 e. The Morgan fingerprint density at radius 3 is 2.77 bits per heavy atom. The minimum atomic E-state index is -0.122. The molecule has 1 aliphatic heterocycles. The summed E-state index contributed by atoms with van der Waals surface area (Å²) in [6, 6.07) is 11.8. The van der Waals surface area contributed by atoms with Crippen LogP contribution in [0.2, 0.25) is 0 Å². The van der Waals surface area contributed by atoms with Crippen LogP contribution in [0.25, 0.3) is 0 Å². The summed E-state index contributed by atoms with van der Waals surface area (Å²) in [5.41, 5.74) is 0.584. The second-order valence-electron chi connectivity index (χ2n) is 7.11. The van der Waals surface area contributed by atoms with E-state index >= 15 is 0 Å². The molecule has 2 heterocycles. The number of aliphatic imine (C=N–C) groups is 1. The van der Waals surface area contributed by atoms with Crippen molar-refractivity contribution in [3.8, 4) is 5.75 Å². The standard InChI is InChI=1S/C22H31N5O2S/c1-3-23-22(26-18-9-13-27(14-10-18)20-8-5-15-30-20)25-12-11-24-21(28)17-6-4-7-19(16-17)29-2/h4-8,15-16,18H,3,9-14H2,1-2H3,(H,24,28)(H2,23,25,26). The zero-order chi connectivity index (χ0) is 21.2. The van der Waals surface area contributed by atoms with Crippen molar-refractivity contribution in [2.24, 2.45) is 4.99 Å². The predicted molar refractivity (Wildman–Crippen MR) is 124 cm³/mol. The van der Waals surface area contributed by atoms with Gasteiger partial charge in [-0.1, -0.05) is 6.07 Å². The Morgan fingerprint density at radius 2 is 2.07 bits per heavy atom. The molecular formula is C22H31N5O2S. The zero-order valence-electron chi connectivity index (χ0n) is 17.7. The monoisotopic (exact) mass is 429 g/mol. The molecule has 3 N–H and O–H groups in total. The minimum absolute atomic E-state index is 0.122. The second kappa shape index (κ2) is 11.4. The predicted octanol–water partition coefficient (Wildman–Crippen LogP) is 2.71. The van der Waals surface area contributed by atoms with Gasteiger partial charge in [-0.05, 0) is 55.5 Å². The molecule has 0 atom stereocenters. The number of guanidine groups is 1. The van der Waals surface area contributed by atoms with E-state index in [2.05, 4.69) is 50.3 Å². The van der Waals surface area contributed by atoms with Gasteiger partial charge in [0, 0.05) is 37.8 Å². The van der Waals surface area contributed by atoms with Crippen LogP contribution >= 0.6 is 11.3 Å². The first kappa shape index (κ1) is 22.0. The van der Waals surface area contributed by atoms with Gasteiger partial charge in [-0.3, -0.25) is 9.79 Å². The molecule has 0 radical (unpaired) electrons. The summed E-state index contributed by atoms with van der Waals surface area (Å²) < 4.78 is 5.17. The third-order valence-electron chi connectivity index (χ3n) is 5.00.